The average Bonchev–Trinajstić information content (AvgIpc) is 3.40. The molecule has 1 heterocycles. The second-order valence-electron chi connectivity index (χ2n) is 10.1. The fourth-order valence-electron chi connectivity index (χ4n) is 5.79. The molecule has 1 aliphatic heterocycles. The van der Waals surface area contributed by atoms with Gasteiger partial charge < -0.3 is 14.7 Å². The molecular weight excluding hydrogens is 410 g/mol. The fourth-order valence-corrected chi connectivity index (χ4v) is 5.79. The minimum atomic E-state index is -1.41. The molecule has 0 spiro atoms. The van der Waals surface area contributed by atoms with Crippen LogP contribution >= 0.6 is 0 Å². The maximum Gasteiger partial charge on any atom is 0.259 e. The van der Waals surface area contributed by atoms with E-state index >= 15 is 0 Å². The summed E-state index contributed by atoms with van der Waals surface area (Å²) in [5.41, 5.74) is -0.663. The number of amides is 1. The number of likely N-dealkylation sites (tertiary alicyclic amines) is 1. The smallest absolute Gasteiger partial charge is 0.259 e. The summed E-state index contributed by atoms with van der Waals surface area (Å²) in [7, 11) is 0. The summed E-state index contributed by atoms with van der Waals surface area (Å²) in [5.74, 6) is 3.03. The first-order chi connectivity index (χ1) is 16.0. The third kappa shape index (κ3) is 5.27. The SMILES string of the molecule is C[C](C)C(COc1ccccc1)C1CCN(C(=O)C(O)(c2ccccc2)C2CCCC2)CC1. The topological polar surface area (TPSA) is 49.8 Å². The summed E-state index contributed by atoms with van der Waals surface area (Å²) in [4.78, 5) is 15.7. The van der Waals surface area contributed by atoms with Gasteiger partial charge in [0.1, 0.15) is 5.75 Å². The second kappa shape index (κ2) is 10.7. The van der Waals surface area contributed by atoms with E-state index in [-0.39, 0.29) is 11.8 Å². The molecule has 1 radical (unpaired) electrons. The van der Waals surface area contributed by atoms with Crippen LogP contribution in [-0.4, -0.2) is 35.6 Å². The van der Waals surface area contributed by atoms with Gasteiger partial charge in [0, 0.05) is 24.9 Å². The third-order valence-electron chi connectivity index (χ3n) is 7.80. The van der Waals surface area contributed by atoms with E-state index in [1.54, 1.807) is 0 Å². The maximum atomic E-state index is 13.8. The van der Waals surface area contributed by atoms with Gasteiger partial charge >= 0.3 is 0 Å². The van der Waals surface area contributed by atoms with Gasteiger partial charge in [0.25, 0.3) is 5.91 Å². The molecule has 33 heavy (non-hydrogen) atoms. The Kier molecular flexibility index (Phi) is 7.75. The molecule has 177 valence electrons. The van der Waals surface area contributed by atoms with E-state index in [4.69, 9.17) is 4.74 Å². The number of hydrogen-bond acceptors (Lipinski definition) is 3. The molecule has 4 rings (SSSR count). The highest BCUT2D eigenvalue weighted by Crippen LogP contribution is 2.43. The van der Waals surface area contributed by atoms with E-state index in [0.29, 0.717) is 31.5 Å². The van der Waals surface area contributed by atoms with Gasteiger partial charge in [-0.15, -0.1) is 0 Å². The van der Waals surface area contributed by atoms with Crippen LogP contribution in [0.1, 0.15) is 57.9 Å². The number of hydrogen-bond donors (Lipinski definition) is 1. The predicted octanol–water partition coefficient (Wildman–Crippen LogP) is 5.61. The quantitative estimate of drug-likeness (QED) is 0.571. The zero-order valence-electron chi connectivity index (χ0n) is 20.1. The van der Waals surface area contributed by atoms with Gasteiger partial charge in [-0.25, -0.2) is 0 Å². The lowest BCUT2D eigenvalue weighted by atomic mass is 9.76. The molecule has 2 aromatic carbocycles. The zero-order valence-corrected chi connectivity index (χ0v) is 20.1. The van der Waals surface area contributed by atoms with E-state index in [1.807, 2.05) is 65.6 Å². The van der Waals surface area contributed by atoms with Crippen molar-refractivity contribution in [2.45, 2.75) is 58.0 Å². The summed E-state index contributed by atoms with van der Waals surface area (Å²) in [6.07, 6.45) is 5.88. The minimum absolute atomic E-state index is 0.00311. The molecular formula is C29H38NO3. The summed E-state index contributed by atoms with van der Waals surface area (Å²) in [6, 6.07) is 19.6. The van der Waals surface area contributed by atoms with Crippen LogP contribution in [-0.2, 0) is 10.4 Å². The monoisotopic (exact) mass is 448 g/mol. The number of piperidine rings is 1. The van der Waals surface area contributed by atoms with Crippen molar-refractivity contribution in [1.29, 1.82) is 0 Å². The Morgan fingerprint density at radius 3 is 2.12 bits per heavy atom. The van der Waals surface area contributed by atoms with Crippen molar-refractivity contribution in [2.24, 2.45) is 17.8 Å². The van der Waals surface area contributed by atoms with Crippen LogP contribution in [0, 0.1) is 23.7 Å². The summed E-state index contributed by atoms with van der Waals surface area (Å²) < 4.78 is 6.10. The standard InChI is InChI=1S/C29H38NO3/c1-22(2)27(21-33-26-15-7-4-8-16-26)23-17-19-30(20-18-23)28(31)29(32,25-13-9-10-14-25)24-11-5-3-6-12-24/h3-8,11-12,15-16,23,25,27,32H,9-10,13-14,17-21H2,1-2H3. The highest BCUT2D eigenvalue weighted by Gasteiger charge is 2.49. The lowest BCUT2D eigenvalue weighted by molar-refractivity contribution is -0.161. The molecule has 2 unspecified atom stereocenters. The van der Waals surface area contributed by atoms with Crippen molar-refractivity contribution in [2.75, 3.05) is 19.7 Å². The molecule has 1 aliphatic carbocycles. The van der Waals surface area contributed by atoms with E-state index in [1.165, 1.54) is 5.92 Å². The van der Waals surface area contributed by atoms with Crippen LogP contribution < -0.4 is 4.74 Å². The van der Waals surface area contributed by atoms with Crippen LogP contribution in [0.3, 0.4) is 0 Å². The molecule has 1 saturated carbocycles. The number of ether oxygens (including phenoxy) is 1. The van der Waals surface area contributed by atoms with Crippen molar-refractivity contribution < 1.29 is 14.6 Å². The molecule has 2 atom stereocenters. The normalized spacial score (nSPS) is 20.5. The molecule has 4 heteroatoms. The Balaban J connectivity index is 1.42. The van der Waals surface area contributed by atoms with E-state index < -0.39 is 5.60 Å². The van der Waals surface area contributed by atoms with Crippen molar-refractivity contribution in [1.82, 2.24) is 4.90 Å². The third-order valence-corrected chi connectivity index (χ3v) is 7.80. The average molecular weight is 449 g/mol. The van der Waals surface area contributed by atoms with Crippen molar-refractivity contribution >= 4 is 5.91 Å². The highest BCUT2D eigenvalue weighted by atomic mass is 16.5. The Morgan fingerprint density at radius 1 is 0.970 bits per heavy atom. The Hall–Kier alpha value is -2.33. The summed E-state index contributed by atoms with van der Waals surface area (Å²) in [5, 5.41) is 11.9. The molecule has 2 aromatic rings. The van der Waals surface area contributed by atoms with Crippen LogP contribution in [0.15, 0.2) is 60.7 Å². The molecule has 1 saturated heterocycles. The molecule has 2 aliphatic rings. The lowest BCUT2D eigenvalue weighted by Crippen LogP contribution is -2.53. The van der Waals surface area contributed by atoms with Crippen molar-refractivity contribution in [3.05, 3.63) is 72.1 Å². The first-order valence-electron chi connectivity index (χ1n) is 12.5. The molecule has 0 bridgehead atoms. The first-order valence-corrected chi connectivity index (χ1v) is 12.5. The second-order valence-corrected chi connectivity index (χ2v) is 10.1. The van der Waals surface area contributed by atoms with E-state index in [9.17, 15) is 9.90 Å². The minimum Gasteiger partial charge on any atom is -0.493 e. The van der Waals surface area contributed by atoms with Gasteiger partial charge in [-0.2, -0.15) is 0 Å². The molecule has 0 aromatic heterocycles. The molecule has 4 nitrogen and oxygen atoms in total. The number of carbonyl (C=O) groups excluding carboxylic acids is 1. The Morgan fingerprint density at radius 2 is 1.55 bits per heavy atom. The van der Waals surface area contributed by atoms with Crippen LogP contribution in [0.2, 0.25) is 0 Å². The fraction of sp³-hybridized carbons (Fsp3) is 0.517. The van der Waals surface area contributed by atoms with Gasteiger partial charge in [-0.05, 0) is 55.2 Å². The number of nitrogens with zero attached hydrogens (tertiary/aromatic N) is 1. The predicted molar refractivity (Wildman–Crippen MR) is 132 cm³/mol. The maximum absolute atomic E-state index is 13.8. The molecule has 2 fully saturated rings. The van der Waals surface area contributed by atoms with Crippen LogP contribution in [0.4, 0.5) is 0 Å². The number of aliphatic hydroxyl groups is 1. The largest absolute Gasteiger partial charge is 0.493 e. The van der Waals surface area contributed by atoms with Crippen molar-refractivity contribution in [3.8, 4) is 5.75 Å². The first kappa shape index (κ1) is 23.8. The lowest BCUT2D eigenvalue weighted by Gasteiger charge is -2.42. The summed E-state index contributed by atoms with van der Waals surface area (Å²) >= 11 is 0. The van der Waals surface area contributed by atoms with Gasteiger partial charge in [0.15, 0.2) is 5.60 Å². The Labute approximate surface area is 199 Å². The number of carbonyl (C=O) groups is 1. The van der Waals surface area contributed by atoms with Gasteiger partial charge in [-0.3, -0.25) is 4.79 Å². The van der Waals surface area contributed by atoms with E-state index in [0.717, 1.165) is 49.8 Å². The molecule has 1 N–H and O–H groups in total. The zero-order chi connectivity index (χ0) is 23.3. The van der Waals surface area contributed by atoms with E-state index in [2.05, 4.69) is 13.8 Å². The van der Waals surface area contributed by atoms with Gasteiger partial charge in [0.2, 0.25) is 0 Å². The van der Waals surface area contributed by atoms with Gasteiger partial charge in [0.05, 0.1) is 6.61 Å². The highest BCUT2D eigenvalue weighted by molar-refractivity contribution is 5.87. The van der Waals surface area contributed by atoms with Crippen LogP contribution in [0.25, 0.3) is 0 Å². The van der Waals surface area contributed by atoms with Gasteiger partial charge in [-0.1, -0.05) is 75.2 Å². The Bertz CT molecular complexity index is 870. The number of benzene rings is 2. The summed E-state index contributed by atoms with van der Waals surface area (Å²) in [6.45, 7) is 6.43. The van der Waals surface area contributed by atoms with Crippen LogP contribution in [0.5, 0.6) is 5.75 Å². The number of para-hydroxylation sites is 1. The molecule has 1 amide bonds. The number of rotatable bonds is 8. The van der Waals surface area contributed by atoms with Crippen molar-refractivity contribution in [3.63, 3.8) is 0 Å².